The van der Waals surface area contributed by atoms with Gasteiger partial charge in [0.05, 0.1) is 7.11 Å². The van der Waals surface area contributed by atoms with Gasteiger partial charge in [-0.2, -0.15) is 0 Å². The van der Waals surface area contributed by atoms with E-state index in [1.807, 2.05) is 42.1 Å². The van der Waals surface area contributed by atoms with Crippen molar-refractivity contribution in [3.63, 3.8) is 0 Å². The number of carbonyl (C=O) groups excluding carboxylic acids is 2. The Morgan fingerprint density at radius 1 is 1.33 bits per heavy atom. The van der Waals surface area contributed by atoms with E-state index in [0.717, 1.165) is 5.56 Å². The zero-order valence-electron chi connectivity index (χ0n) is 14.1. The third-order valence-electron chi connectivity index (χ3n) is 3.60. The van der Waals surface area contributed by atoms with E-state index in [0.29, 0.717) is 18.1 Å². The molecule has 128 valence electrons. The molecule has 24 heavy (non-hydrogen) atoms. The van der Waals surface area contributed by atoms with Gasteiger partial charge >= 0.3 is 0 Å². The molecule has 7 heteroatoms. The van der Waals surface area contributed by atoms with Crippen LogP contribution in [0.25, 0.3) is 0 Å². The average Bonchev–Trinajstić information content (AvgIpc) is 2.98. The van der Waals surface area contributed by atoms with Crippen LogP contribution in [0.3, 0.4) is 0 Å². The lowest BCUT2D eigenvalue weighted by molar-refractivity contribution is -0.122. The highest BCUT2D eigenvalue weighted by molar-refractivity contribution is 5.78. The van der Waals surface area contributed by atoms with Crippen molar-refractivity contribution >= 4 is 11.8 Å². The number of ether oxygens (including phenoxy) is 1. The van der Waals surface area contributed by atoms with Gasteiger partial charge in [0, 0.05) is 44.9 Å². The van der Waals surface area contributed by atoms with Crippen molar-refractivity contribution in [1.82, 2.24) is 20.2 Å². The summed E-state index contributed by atoms with van der Waals surface area (Å²) >= 11 is 0. The molecule has 1 atom stereocenters. The van der Waals surface area contributed by atoms with E-state index >= 15 is 0 Å². The molecule has 0 saturated carbocycles. The predicted octanol–water partition coefficient (Wildman–Crippen LogP) is 1.16. The molecule has 1 aromatic carbocycles. The number of rotatable bonds is 7. The van der Waals surface area contributed by atoms with Crippen LogP contribution < -0.4 is 15.4 Å². The maximum absolute atomic E-state index is 12.3. The number of aryl methyl sites for hydroxylation is 1. The van der Waals surface area contributed by atoms with Crippen LogP contribution >= 0.6 is 0 Å². The number of carbonyl (C=O) groups is 2. The minimum atomic E-state index is -0.439. The Hall–Kier alpha value is -2.83. The van der Waals surface area contributed by atoms with Crippen molar-refractivity contribution in [2.45, 2.75) is 19.4 Å². The Bertz CT molecular complexity index is 711. The second-order valence-corrected chi connectivity index (χ2v) is 5.37. The maximum atomic E-state index is 12.3. The smallest absolute Gasteiger partial charge is 0.222 e. The first-order valence-electron chi connectivity index (χ1n) is 7.67. The lowest BCUT2D eigenvalue weighted by Gasteiger charge is -2.21. The van der Waals surface area contributed by atoms with Gasteiger partial charge in [-0.15, -0.1) is 0 Å². The number of nitrogens with zero attached hydrogens (tertiary/aromatic N) is 2. The van der Waals surface area contributed by atoms with Gasteiger partial charge in [-0.3, -0.25) is 9.59 Å². The fourth-order valence-electron chi connectivity index (χ4n) is 2.43. The van der Waals surface area contributed by atoms with Gasteiger partial charge in [-0.25, -0.2) is 4.98 Å². The van der Waals surface area contributed by atoms with E-state index in [-0.39, 0.29) is 18.2 Å². The van der Waals surface area contributed by atoms with Crippen molar-refractivity contribution in [3.8, 4) is 5.75 Å². The quantitative estimate of drug-likeness (QED) is 0.798. The van der Waals surface area contributed by atoms with Gasteiger partial charge < -0.3 is 19.9 Å². The minimum absolute atomic E-state index is 0.159. The second-order valence-electron chi connectivity index (χ2n) is 5.37. The molecule has 0 spiro atoms. The third kappa shape index (κ3) is 4.34. The molecular weight excluding hydrogens is 308 g/mol. The molecule has 0 aliphatic heterocycles. The number of hydrogen-bond acceptors (Lipinski definition) is 4. The SMILES string of the molecule is COc1ccccc1C(NC(=O)CCNC(C)=O)c1nccn1C. The van der Waals surface area contributed by atoms with E-state index in [9.17, 15) is 9.59 Å². The lowest BCUT2D eigenvalue weighted by atomic mass is 10.0. The van der Waals surface area contributed by atoms with E-state index in [1.165, 1.54) is 6.92 Å². The number of amides is 2. The number of imidazole rings is 1. The largest absolute Gasteiger partial charge is 0.496 e. The van der Waals surface area contributed by atoms with E-state index in [1.54, 1.807) is 13.3 Å². The highest BCUT2D eigenvalue weighted by Gasteiger charge is 2.23. The summed E-state index contributed by atoms with van der Waals surface area (Å²) in [6.45, 7) is 1.71. The topological polar surface area (TPSA) is 85.2 Å². The molecule has 0 bridgehead atoms. The summed E-state index contributed by atoms with van der Waals surface area (Å²) in [6, 6.07) is 7.06. The molecule has 2 aromatic rings. The number of methoxy groups -OCH3 is 1. The van der Waals surface area contributed by atoms with Crippen molar-refractivity contribution in [1.29, 1.82) is 0 Å². The van der Waals surface area contributed by atoms with E-state index < -0.39 is 6.04 Å². The van der Waals surface area contributed by atoms with Crippen molar-refractivity contribution in [2.24, 2.45) is 7.05 Å². The van der Waals surface area contributed by atoms with Gasteiger partial charge in [-0.05, 0) is 6.07 Å². The maximum Gasteiger partial charge on any atom is 0.222 e. The molecule has 7 nitrogen and oxygen atoms in total. The zero-order chi connectivity index (χ0) is 17.5. The molecule has 2 N–H and O–H groups in total. The number of nitrogens with one attached hydrogen (secondary N) is 2. The molecule has 0 aliphatic rings. The summed E-state index contributed by atoms with van der Waals surface area (Å²) in [5.74, 6) is 1.04. The first-order valence-corrected chi connectivity index (χ1v) is 7.67. The zero-order valence-corrected chi connectivity index (χ0v) is 14.1. The monoisotopic (exact) mass is 330 g/mol. The van der Waals surface area contributed by atoms with E-state index in [4.69, 9.17) is 4.74 Å². The summed E-state index contributed by atoms with van der Waals surface area (Å²) < 4.78 is 7.27. The molecule has 0 fully saturated rings. The van der Waals surface area contributed by atoms with Gasteiger partial charge in [0.1, 0.15) is 17.6 Å². The standard InChI is InChI=1S/C17H22N4O3/c1-12(22)18-9-8-15(23)20-16(17-19-10-11-21(17)2)13-6-4-5-7-14(13)24-3/h4-7,10-11,16H,8-9H2,1-3H3,(H,18,22)(H,20,23). The molecule has 2 rings (SSSR count). The van der Waals surface area contributed by atoms with Crippen molar-refractivity contribution in [3.05, 3.63) is 48.0 Å². The summed E-state index contributed by atoms with van der Waals surface area (Å²) in [7, 11) is 3.46. The van der Waals surface area contributed by atoms with Crippen molar-refractivity contribution in [2.75, 3.05) is 13.7 Å². The van der Waals surface area contributed by atoms with Crippen LogP contribution in [0.4, 0.5) is 0 Å². The number of benzene rings is 1. The van der Waals surface area contributed by atoms with Gasteiger partial charge in [0.15, 0.2) is 0 Å². The first kappa shape index (κ1) is 17.5. The Morgan fingerprint density at radius 3 is 2.71 bits per heavy atom. The molecule has 1 heterocycles. The van der Waals surface area contributed by atoms with Gasteiger partial charge in [0.25, 0.3) is 0 Å². The molecule has 0 aliphatic carbocycles. The van der Waals surface area contributed by atoms with Crippen LogP contribution in [0.2, 0.25) is 0 Å². The van der Waals surface area contributed by atoms with Crippen LogP contribution in [-0.2, 0) is 16.6 Å². The fourth-order valence-corrected chi connectivity index (χ4v) is 2.43. The predicted molar refractivity (Wildman–Crippen MR) is 89.5 cm³/mol. The molecule has 1 unspecified atom stereocenters. The van der Waals surface area contributed by atoms with Crippen LogP contribution in [0.5, 0.6) is 5.75 Å². The van der Waals surface area contributed by atoms with Crippen LogP contribution in [0.1, 0.15) is 30.8 Å². The summed E-state index contributed by atoms with van der Waals surface area (Å²) in [6.07, 6.45) is 3.69. The first-order chi connectivity index (χ1) is 11.5. The van der Waals surface area contributed by atoms with Crippen LogP contribution in [0.15, 0.2) is 36.7 Å². The van der Waals surface area contributed by atoms with Crippen LogP contribution in [-0.4, -0.2) is 35.0 Å². The number of para-hydroxylation sites is 1. The van der Waals surface area contributed by atoms with Gasteiger partial charge in [0.2, 0.25) is 11.8 Å². The summed E-state index contributed by atoms with van der Waals surface area (Å²) in [5, 5.41) is 5.58. The lowest BCUT2D eigenvalue weighted by Crippen LogP contribution is -2.34. The normalized spacial score (nSPS) is 11.6. The van der Waals surface area contributed by atoms with Crippen LogP contribution in [0, 0.1) is 0 Å². The Morgan fingerprint density at radius 2 is 2.08 bits per heavy atom. The average molecular weight is 330 g/mol. The molecule has 0 saturated heterocycles. The molecule has 2 amide bonds. The highest BCUT2D eigenvalue weighted by Crippen LogP contribution is 2.28. The van der Waals surface area contributed by atoms with Gasteiger partial charge in [-0.1, -0.05) is 18.2 Å². The summed E-state index contributed by atoms with van der Waals surface area (Å²) in [5.41, 5.74) is 0.821. The minimum Gasteiger partial charge on any atom is -0.496 e. The Kier molecular flexibility index (Phi) is 5.95. The molecular formula is C17H22N4O3. The highest BCUT2D eigenvalue weighted by atomic mass is 16.5. The molecule has 1 aromatic heterocycles. The molecule has 0 radical (unpaired) electrons. The van der Waals surface area contributed by atoms with Crippen molar-refractivity contribution < 1.29 is 14.3 Å². The fraction of sp³-hybridized carbons (Fsp3) is 0.353. The number of hydrogen-bond donors (Lipinski definition) is 2. The Labute approximate surface area is 141 Å². The summed E-state index contributed by atoms with van der Waals surface area (Å²) in [4.78, 5) is 27.5. The third-order valence-corrected chi connectivity index (χ3v) is 3.60. The second kappa shape index (κ2) is 8.14. The Balaban J connectivity index is 2.23. The van der Waals surface area contributed by atoms with E-state index in [2.05, 4.69) is 15.6 Å². The number of aromatic nitrogens is 2.